The summed E-state index contributed by atoms with van der Waals surface area (Å²) in [6, 6.07) is 0. The largest absolute Gasteiger partial charge is 0.413 e. The van der Waals surface area contributed by atoms with Gasteiger partial charge < -0.3 is 18.8 Å². The first-order chi connectivity index (χ1) is 13.1. The molecule has 30 heavy (non-hydrogen) atoms. The molecule has 0 aliphatic carbocycles. The summed E-state index contributed by atoms with van der Waals surface area (Å²) in [5.41, 5.74) is 2.74. The fourth-order valence-electron chi connectivity index (χ4n) is 1.01. The quantitative estimate of drug-likeness (QED) is 0.306. The van der Waals surface area contributed by atoms with Crippen LogP contribution in [0.5, 0.6) is 0 Å². The molecule has 0 amide bonds. The summed E-state index contributed by atoms with van der Waals surface area (Å²) >= 11 is 0. The highest BCUT2D eigenvalue weighted by Crippen LogP contribution is 2.37. The molecule has 0 aromatic heterocycles. The van der Waals surface area contributed by atoms with Gasteiger partial charge in [0.05, 0.1) is 13.2 Å². The van der Waals surface area contributed by atoms with Gasteiger partial charge in [0.15, 0.2) is 16.6 Å². The van der Waals surface area contributed by atoms with E-state index in [2.05, 4.69) is 98.8 Å². The molecule has 0 saturated carbocycles. The van der Waals surface area contributed by atoms with Gasteiger partial charge in [0.2, 0.25) is 0 Å². The standard InChI is InChI=1S/C10H20O2Si.C8H18O2Si.C5H10Si/c1-7-9(11)8-12-13(5,6)10(2,3)4;1-8(2,3)11(4,5)10-7-6-9;1-5-6(2,3)4/h1,9,11H,8H2,2-6H3;6H,7H2,1-5H3;1H,2-4H3. The average molecular weight is 473 g/mol. The SMILES string of the molecule is C#CC(O)CO[Si](C)(C)C(C)(C)C.C#C[Si](C)(C)C.CC(C)(C)[Si](C)(C)OCC=O. The van der Waals surface area contributed by atoms with Crippen LogP contribution in [0.1, 0.15) is 41.5 Å². The summed E-state index contributed by atoms with van der Waals surface area (Å²) in [6.07, 6.45) is 10.2. The van der Waals surface area contributed by atoms with E-state index >= 15 is 0 Å². The summed E-state index contributed by atoms with van der Waals surface area (Å²) in [5.74, 6) is 2.24. The Bertz CT molecular complexity index is 566. The lowest BCUT2D eigenvalue weighted by Gasteiger charge is -2.36. The first kappa shape index (κ1) is 33.9. The van der Waals surface area contributed by atoms with Gasteiger partial charge in [-0.3, -0.25) is 0 Å². The number of rotatable bonds is 6. The second kappa shape index (κ2) is 13.7. The van der Waals surface area contributed by atoms with E-state index < -0.39 is 30.8 Å². The molecule has 0 spiro atoms. The highest BCUT2D eigenvalue weighted by atomic mass is 28.4. The topological polar surface area (TPSA) is 55.8 Å². The molecule has 0 aliphatic heterocycles. The van der Waals surface area contributed by atoms with Crippen LogP contribution in [0.3, 0.4) is 0 Å². The number of carbonyl (C=O) groups excluding carboxylic acids is 1. The van der Waals surface area contributed by atoms with Crippen molar-refractivity contribution in [3.05, 3.63) is 0 Å². The summed E-state index contributed by atoms with van der Waals surface area (Å²) in [5, 5.41) is 9.52. The molecule has 0 bridgehead atoms. The minimum absolute atomic E-state index is 0.168. The third-order valence-electron chi connectivity index (χ3n) is 5.35. The number of terminal acetylenes is 2. The second-order valence-electron chi connectivity index (χ2n) is 11.4. The Morgan fingerprint density at radius 2 is 1.20 bits per heavy atom. The lowest BCUT2D eigenvalue weighted by Crippen LogP contribution is -2.42. The minimum atomic E-state index is -1.74. The Morgan fingerprint density at radius 1 is 0.867 bits per heavy atom. The van der Waals surface area contributed by atoms with Crippen LogP contribution in [-0.2, 0) is 13.6 Å². The lowest BCUT2D eigenvalue weighted by atomic mass is 10.2. The van der Waals surface area contributed by atoms with Crippen LogP contribution in [0.15, 0.2) is 0 Å². The van der Waals surface area contributed by atoms with E-state index in [-0.39, 0.29) is 23.3 Å². The van der Waals surface area contributed by atoms with Crippen molar-refractivity contribution in [2.45, 2.75) is 104 Å². The maximum atomic E-state index is 10.1. The van der Waals surface area contributed by atoms with Crippen molar-refractivity contribution in [2.24, 2.45) is 0 Å². The molecule has 7 heteroatoms. The second-order valence-corrected chi connectivity index (χ2v) is 25.8. The van der Waals surface area contributed by atoms with E-state index in [1.165, 1.54) is 0 Å². The molecule has 0 saturated heterocycles. The zero-order valence-electron chi connectivity index (χ0n) is 21.9. The predicted octanol–water partition coefficient (Wildman–Crippen LogP) is 5.71. The van der Waals surface area contributed by atoms with E-state index in [4.69, 9.17) is 26.8 Å². The summed E-state index contributed by atoms with van der Waals surface area (Å²) < 4.78 is 11.2. The maximum Gasteiger partial charge on any atom is 0.192 e. The van der Waals surface area contributed by atoms with Gasteiger partial charge in [-0.1, -0.05) is 67.1 Å². The molecule has 1 N–H and O–H groups in total. The van der Waals surface area contributed by atoms with Gasteiger partial charge in [-0.2, -0.15) is 0 Å². The van der Waals surface area contributed by atoms with Crippen molar-refractivity contribution in [3.63, 3.8) is 0 Å². The van der Waals surface area contributed by atoms with Gasteiger partial charge in [-0.05, 0) is 36.3 Å². The maximum absolute atomic E-state index is 10.1. The third-order valence-corrected chi connectivity index (χ3v) is 15.2. The number of hydrogen-bond donors (Lipinski definition) is 1. The first-order valence-electron chi connectivity index (χ1n) is 10.4. The molecule has 176 valence electrons. The van der Waals surface area contributed by atoms with Crippen molar-refractivity contribution >= 4 is 31.0 Å². The Morgan fingerprint density at radius 3 is 1.43 bits per heavy atom. The number of aldehydes is 1. The predicted molar refractivity (Wildman–Crippen MR) is 139 cm³/mol. The number of aliphatic hydroxyl groups is 1. The number of carbonyl (C=O) groups is 1. The number of hydrogen-bond acceptors (Lipinski definition) is 4. The molecular weight excluding hydrogens is 425 g/mol. The smallest absolute Gasteiger partial charge is 0.192 e. The third kappa shape index (κ3) is 17.0. The average Bonchev–Trinajstić information content (AvgIpc) is 2.56. The van der Waals surface area contributed by atoms with Crippen LogP contribution in [0.4, 0.5) is 0 Å². The van der Waals surface area contributed by atoms with Crippen molar-refractivity contribution in [1.82, 2.24) is 0 Å². The summed E-state index contributed by atoms with van der Waals surface area (Å²) in [6.45, 7) is 28.4. The molecule has 1 unspecified atom stereocenters. The van der Waals surface area contributed by atoms with Crippen molar-refractivity contribution < 1.29 is 18.8 Å². The van der Waals surface area contributed by atoms with E-state index in [9.17, 15) is 4.79 Å². The molecule has 0 aromatic rings. The Hall–Kier alpha value is -0.679. The molecule has 0 aliphatic rings. The van der Waals surface area contributed by atoms with Crippen LogP contribution >= 0.6 is 0 Å². The molecule has 0 fully saturated rings. The van der Waals surface area contributed by atoms with Gasteiger partial charge in [-0.15, -0.1) is 18.4 Å². The first-order valence-corrected chi connectivity index (χ1v) is 19.7. The summed E-state index contributed by atoms with van der Waals surface area (Å²) in [4.78, 5) is 10.1. The molecular formula is C23H48O4Si3. The monoisotopic (exact) mass is 472 g/mol. The van der Waals surface area contributed by atoms with Crippen molar-refractivity contribution in [1.29, 1.82) is 0 Å². The highest BCUT2D eigenvalue weighted by Gasteiger charge is 2.37. The van der Waals surface area contributed by atoms with E-state index in [1.807, 2.05) is 0 Å². The van der Waals surface area contributed by atoms with Gasteiger partial charge in [0.1, 0.15) is 20.5 Å². The minimum Gasteiger partial charge on any atom is -0.413 e. The van der Waals surface area contributed by atoms with Gasteiger partial charge in [0.25, 0.3) is 0 Å². The van der Waals surface area contributed by atoms with Gasteiger partial charge in [-0.25, -0.2) is 0 Å². The zero-order chi connectivity index (χ0) is 25.0. The zero-order valence-corrected chi connectivity index (χ0v) is 24.9. The number of aliphatic hydroxyl groups excluding tert-OH is 1. The molecule has 0 radical (unpaired) electrons. The molecule has 1 atom stereocenters. The molecule has 0 heterocycles. The normalized spacial score (nSPS) is 13.5. The van der Waals surface area contributed by atoms with E-state index in [0.717, 1.165) is 6.29 Å². The Labute approximate surface area is 190 Å². The molecule has 0 aromatic carbocycles. The van der Waals surface area contributed by atoms with E-state index in [1.54, 1.807) is 0 Å². The molecule has 0 rings (SSSR count). The van der Waals surface area contributed by atoms with Crippen LogP contribution < -0.4 is 0 Å². The Balaban J connectivity index is -0.000000389. The fourth-order valence-corrected chi connectivity index (χ4v) is 2.94. The van der Waals surface area contributed by atoms with Crippen molar-refractivity contribution in [3.8, 4) is 24.3 Å². The van der Waals surface area contributed by atoms with Gasteiger partial charge in [0, 0.05) is 0 Å². The Kier molecular flexibility index (Phi) is 15.5. The van der Waals surface area contributed by atoms with Crippen LogP contribution in [-0.4, -0.2) is 55.4 Å². The fraction of sp³-hybridized carbons (Fsp3) is 0.783. The van der Waals surface area contributed by atoms with Crippen LogP contribution in [0.25, 0.3) is 0 Å². The van der Waals surface area contributed by atoms with Crippen LogP contribution in [0.2, 0.25) is 55.9 Å². The lowest BCUT2D eigenvalue weighted by molar-refractivity contribution is -0.109. The van der Waals surface area contributed by atoms with Gasteiger partial charge >= 0.3 is 0 Å². The highest BCUT2D eigenvalue weighted by molar-refractivity contribution is 6.83. The van der Waals surface area contributed by atoms with Crippen LogP contribution in [0, 0.1) is 24.3 Å². The van der Waals surface area contributed by atoms with E-state index in [0.29, 0.717) is 0 Å². The summed E-state index contributed by atoms with van der Waals surface area (Å²) in [7, 11) is -4.50. The van der Waals surface area contributed by atoms with Crippen molar-refractivity contribution in [2.75, 3.05) is 13.2 Å². The molecule has 4 nitrogen and oxygen atoms in total.